The maximum absolute atomic E-state index is 12.7. The van der Waals surface area contributed by atoms with Crippen LogP contribution in [0.15, 0.2) is 40.2 Å². The standard InChI is InChI=1S/C20H22N6O4/c1-23-12-22-18-17(23)19(29)26(20(30)24(18)2)11-15(27)21-10-13-5-7-14(8-6-13)25-9-3-4-16(25)28/h5-8,12H,3-4,9-11H2,1-2H3,(H,21,27). The number of rotatable bonds is 5. The highest BCUT2D eigenvalue weighted by atomic mass is 16.2. The van der Waals surface area contributed by atoms with Gasteiger partial charge in [-0.05, 0) is 24.1 Å². The molecule has 1 aromatic carbocycles. The van der Waals surface area contributed by atoms with Gasteiger partial charge < -0.3 is 14.8 Å². The summed E-state index contributed by atoms with van der Waals surface area (Å²) in [7, 11) is 3.17. The summed E-state index contributed by atoms with van der Waals surface area (Å²) in [4.78, 5) is 55.2. The zero-order valence-corrected chi connectivity index (χ0v) is 16.8. The summed E-state index contributed by atoms with van der Waals surface area (Å²) in [5.41, 5.74) is 1.08. The average Bonchev–Trinajstić information content (AvgIpc) is 3.34. The molecule has 0 spiro atoms. The van der Waals surface area contributed by atoms with E-state index in [2.05, 4.69) is 10.3 Å². The van der Waals surface area contributed by atoms with E-state index >= 15 is 0 Å². The Morgan fingerprint density at radius 3 is 2.53 bits per heavy atom. The largest absolute Gasteiger partial charge is 0.350 e. The maximum atomic E-state index is 12.7. The highest BCUT2D eigenvalue weighted by molar-refractivity contribution is 5.95. The van der Waals surface area contributed by atoms with E-state index in [0.717, 1.165) is 28.8 Å². The molecule has 4 rings (SSSR count). The SMILES string of the molecule is Cn1cnc2c1c(=O)n(CC(=O)NCc1ccc(N3CCCC3=O)cc1)c(=O)n2C. The van der Waals surface area contributed by atoms with Gasteiger partial charge in [-0.1, -0.05) is 12.1 Å². The molecule has 1 N–H and O–H groups in total. The van der Waals surface area contributed by atoms with Crippen LogP contribution in [0.25, 0.3) is 11.2 Å². The van der Waals surface area contributed by atoms with E-state index < -0.39 is 17.2 Å². The van der Waals surface area contributed by atoms with Crippen molar-refractivity contribution < 1.29 is 9.59 Å². The van der Waals surface area contributed by atoms with Crippen LogP contribution in [0.1, 0.15) is 18.4 Å². The summed E-state index contributed by atoms with van der Waals surface area (Å²) in [6.07, 6.45) is 2.89. The number of nitrogens with one attached hydrogen (secondary N) is 1. The molecule has 0 atom stereocenters. The van der Waals surface area contributed by atoms with Gasteiger partial charge >= 0.3 is 5.69 Å². The number of nitrogens with zero attached hydrogens (tertiary/aromatic N) is 5. The van der Waals surface area contributed by atoms with Gasteiger partial charge in [0.25, 0.3) is 5.56 Å². The predicted octanol–water partition coefficient (Wildman–Crippen LogP) is -0.123. The lowest BCUT2D eigenvalue weighted by molar-refractivity contribution is -0.122. The number of anilines is 1. The van der Waals surface area contributed by atoms with Gasteiger partial charge in [-0.3, -0.25) is 19.0 Å². The smallest absolute Gasteiger partial charge is 0.332 e. The Morgan fingerprint density at radius 2 is 1.87 bits per heavy atom. The van der Waals surface area contributed by atoms with E-state index in [4.69, 9.17) is 0 Å². The van der Waals surface area contributed by atoms with Crippen molar-refractivity contribution in [3.05, 3.63) is 57.0 Å². The molecular weight excluding hydrogens is 388 g/mol. The van der Waals surface area contributed by atoms with E-state index in [-0.39, 0.29) is 30.2 Å². The summed E-state index contributed by atoms with van der Waals surface area (Å²) in [6.45, 7) is 0.586. The fourth-order valence-electron chi connectivity index (χ4n) is 3.65. The molecule has 30 heavy (non-hydrogen) atoms. The molecule has 0 unspecified atom stereocenters. The van der Waals surface area contributed by atoms with Crippen LogP contribution >= 0.6 is 0 Å². The Balaban J connectivity index is 1.46. The van der Waals surface area contributed by atoms with Gasteiger partial charge in [0, 0.05) is 39.3 Å². The Kier molecular flexibility index (Phi) is 4.98. The molecule has 0 radical (unpaired) electrons. The topological polar surface area (TPSA) is 111 Å². The van der Waals surface area contributed by atoms with Crippen LogP contribution in [-0.2, 0) is 36.8 Å². The first-order valence-corrected chi connectivity index (χ1v) is 9.63. The van der Waals surface area contributed by atoms with E-state index in [9.17, 15) is 19.2 Å². The summed E-state index contributed by atoms with van der Waals surface area (Å²) in [5, 5.41) is 2.73. The molecule has 10 heteroatoms. The number of hydrogen-bond donors (Lipinski definition) is 1. The second-order valence-electron chi connectivity index (χ2n) is 7.35. The minimum absolute atomic E-state index is 0.119. The minimum atomic E-state index is -0.596. The van der Waals surface area contributed by atoms with Crippen LogP contribution in [-0.4, -0.2) is 37.0 Å². The van der Waals surface area contributed by atoms with Crippen molar-refractivity contribution in [3.63, 3.8) is 0 Å². The van der Waals surface area contributed by atoms with Crippen molar-refractivity contribution in [2.45, 2.75) is 25.9 Å². The van der Waals surface area contributed by atoms with Gasteiger partial charge in [-0.2, -0.15) is 0 Å². The van der Waals surface area contributed by atoms with Crippen LogP contribution in [0.2, 0.25) is 0 Å². The quantitative estimate of drug-likeness (QED) is 0.630. The van der Waals surface area contributed by atoms with Crippen molar-refractivity contribution in [2.24, 2.45) is 14.1 Å². The van der Waals surface area contributed by atoms with Crippen LogP contribution in [0.5, 0.6) is 0 Å². The molecule has 2 aromatic heterocycles. The maximum Gasteiger partial charge on any atom is 0.332 e. The van der Waals surface area contributed by atoms with Gasteiger partial charge in [0.2, 0.25) is 11.8 Å². The van der Waals surface area contributed by atoms with Gasteiger partial charge in [0.05, 0.1) is 6.33 Å². The predicted molar refractivity (Wildman–Crippen MR) is 110 cm³/mol. The van der Waals surface area contributed by atoms with Gasteiger partial charge in [0.1, 0.15) is 6.54 Å². The number of carbonyl (C=O) groups excluding carboxylic acids is 2. The Labute approximate surface area is 171 Å². The third-order valence-electron chi connectivity index (χ3n) is 5.31. The van der Waals surface area contributed by atoms with Crippen LogP contribution in [0.4, 0.5) is 5.69 Å². The van der Waals surface area contributed by atoms with E-state index in [1.165, 1.54) is 22.5 Å². The third kappa shape index (κ3) is 3.40. The molecule has 0 aliphatic carbocycles. The summed E-state index contributed by atoms with van der Waals surface area (Å²) in [6, 6.07) is 7.38. The number of benzene rings is 1. The Bertz CT molecular complexity index is 1250. The van der Waals surface area contributed by atoms with E-state index in [0.29, 0.717) is 6.42 Å². The van der Waals surface area contributed by atoms with Crippen molar-refractivity contribution in [2.75, 3.05) is 11.4 Å². The van der Waals surface area contributed by atoms with Crippen molar-refractivity contribution >= 4 is 28.7 Å². The number of imidazole rings is 1. The molecular formula is C20H22N6O4. The number of hydrogen-bond acceptors (Lipinski definition) is 5. The van der Waals surface area contributed by atoms with Crippen molar-refractivity contribution in [1.29, 1.82) is 0 Å². The van der Waals surface area contributed by atoms with E-state index in [1.54, 1.807) is 11.9 Å². The second-order valence-corrected chi connectivity index (χ2v) is 7.35. The second kappa shape index (κ2) is 7.62. The number of amides is 2. The molecule has 10 nitrogen and oxygen atoms in total. The zero-order valence-electron chi connectivity index (χ0n) is 16.8. The van der Waals surface area contributed by atoms with Gasteiger partial charge in [-0.15, -0.1) is 0 Å². The molecule has 156 valence electrons. The summed E-state index contributed by atoms with van der Waals surface area (Å²) >= 11 is 0. The third-order valence-corrected chi connectivity index (χ3v) is 5.31. The number of aryl methyl sites for hydroxylation is 2. The summed E-state index contributed by atoms with van der Waals surface area (Å²) in [5.74, 6) is -0.331. The van der Waals surface area contributed by atoms with Crippen molar-refractivity contribution in [3.8, 4) is 0 Å². The highest BCUT2D eigenvalue weighted by Gasteiger charge is 2.21. The van der Waals surface area contributed by atoms with Crippen molar-refractivity contribution in [1.82, 2.24) is 24.0 Å². The molecule has 3 aromatic rings. The average molecular weight is 410 g/mol. The van der Waals surface area contributed by atoms with Crippen LogP contribution in [0, 0.1) is 0 Å². The van der Waals surface area contributed by atoms with E-state index in [1.807, 2.05) is 24.3 Å². The van der Waals surface area contributed by atoms with Crippen LogP contribution < -0.4 is 21.5 Å². The molecule has 1 aliphatic heterocycles. The Hall–Kier alpha value is -3.69. The first-order valence-electron chi connectivity index (χ1n) is 9.63. The fraction of sp³-hybridized carbons (Fsp3) is 0.350. The monoisotopic (exact) mass is 410 g/mol. The molecule has 1 aliphatic rings. The molecule has 1 saturated heterocycles. The molecule has 2 amide bonds. The van der Waals surface area contributed by atoms with Crippen LogP contribution in [0.3, 0.4) is 0 Å². The molecule has 0 saturated carbocycles. The minimum Gasteiger partial charge on any atom is -0.350 e. The zero-order chi connectivity index (χ0) is 21.4. The normalized spacial score (nSPS) is 13.9. The lowest BCUT2D eigenvalue weighted by atomic mass is 10.2. The molecule has 3 heterocycles. The molecule has 1 fully saturated rings. The Morgan fingerprint density at radius 1 is 1.13 bits per heavy atom. The fourth-order valence-corrected chi connectivity index (χ4v) is 3.65. The highest BCUT2D eigenvalue weighted by Crippen LogP contribution is 2.21. The number of aromatic nitrogens is 4. The first-order chi connectivity index (χ1) is 14.4. The van der Waals surface area contributed by atoms with Gasteiger partial charge in [0.15, 0.2) is 11.2 Å². The lowest BCUT2D eigenvalue weighted by Gasteiger charge is -2.16. The summed E-state index contributed by atoms with van der Waals surface area (Å²) < 4.78 is 3.68. The number of carbonyl (C=O) groups is 2. The molecule has 0 bridgehead atoms. The van der Waals surface area contributed by atoms with Gasteiger partial charge in [-0.25, -0.2) is 14.3 Å². The first kappa shape index (κ1) is 19.6. The lowest BCUT2D eigenvalue weighted by Crippen LogP contribution is -2.43. The number of fused-ring (bicyclic) bond motifs is 1.